The molecule has 1 fully saturated rings. The van der Waals surface area contributed by atoms with Gasteiger partial charge in [0.05, 0.1) is 18.7 Å². The summed E-state index contributed by atoms with van der Waals surface area (Å²) in [6.45, 7) is 2.68. The van der Waals surface area contributed by atoms with Crippen molar-refractivity contribution in [1.29, 1.82) is 0 Å². The number of aliphatic carboxylic acids is 1. The van der Waals surface area contributed by atoms with Gasteiger partial charge in [-0.2, -0.15) is 0 Å². The number of nitrogens with zero attached hydrogens (tertiary/aromatic N) is 2. The van der Waals surface area contributed by atoms with Crippen LogP contribution in [0.5, 0.6) is 0 Å². The lowest BCUT2D eigenvalue weighted by Gasteiger charge is -2.32. The Labute approximate surface area is 110 Å². The van der Waals surface area contributed by atoms with Crippen LogP contribution in [0.25, 0.3) is 0 Å². The highest BCUT2D eigenvalue weighted by atomic mass is 16.5. The summed E-state index contributed by atoms with van der Waals surface area (Å²) in [5.74, 6) is -1.19. The first-order valence-electron chi connectivity index (χ1n) is 5.86. The van der Waals surface area contributed by atoms with E-state index >= 15 is 0 Å². The molecule has 1 aliphatic heterocycles. The van der Waals surface area contributed by atoms with Crippen molar-refractivity contribution in [2.75, 3.05) is 24.6 Å². The fourth-order valence-corrected chi connectivity index (χ4v) is 1.97. The number of ether oxygens (including phenoxy) is 1. The van der Waals surface area contributed by atoms with Crippen LogP contribution in [0.1, 0.15) is 16.1 Å². The molecule has 0 aromatic carbocycles. The van der Waals surface area contributed by atoms with E-state index in [2.05, 4.69) is 4.98 Å². The quantitative estimate of drug-likeness (QED) is 0.782. The van der Waals surface area contributed by atoms with Gasteiger partial charge in [0, 0.05) is 12.2 Å². The Balaban J connectivity index is 2.32. The van der Waals surface area contributed by atoms with Gasteiger partial charge in [-0.1, -0.05) is 0 Å². The van der Waals surface area contributed by atoms with E-state index in [4.69, 9.17) is 15.6 Å². The molecule has 0 radical (unpaired) electrons. The monoisotopic (exact) mass is 265 g/mol. The van der Waals surface area contributed by atoms with Gasteiger partial charge < -0.3 is 20.5 Å². The largest absolute Gasteiger partial charge is 0.479 e. The first-order valence-corrected chi connectivity index (χ1v) is 5.86. The van der Waals surface area contributed by atoms with Crippen LogP contribution in [0.2, 0.25) is 0 Å². The van der Waals surface area contributed by atoms with Gasteiger partial charge in [0.1, 0.15) is 5.82 Å². The number of amides is 1. The topological polar surface area (TPSA) is 106 Å². The van der Waals surface area contributed by atoms with Crippen molar-refractivity contribution in [2.45, 2.75) is 13.0 Å². The number of carboxylic acids is 1. The third-order valence-electron chi connectivity index (χ3n) is 2.92. The summed E-state index contributed by atoms with van der Waals surface area (Å²) < 4.78 is 5.14. The molecular formula is C12H15N3O4. The van der Waals surface area contributed by atoms with Crippen LogP contribution in [0.4, 0.5) is 5.82 Å². The molecule has 1 aliphatic rings. The molecule has 0 aliphatic carbocycles. The van der Waals surface area contributed by atoms with Gasteiger partial charge >= 0.3 is 5.97 Å². The van der Waals surface area contributed by atoms with Gasteiger partial charge in [0.15, 0.2) is 6.10 Å². The summed E-state index contributed by atoms with van der Waals surface area (Å²) in [5, 5.41) is 8.97. The maximum atomic E-state index is 11.4. The maximum absolute atomic E-state index is 11.4. The minimum absolute atomic E-state index is 0.145. The molecule has 3 N–H and O–H groups in total. The number of aryl methyl sites for hydroxylation is 1. The van der Waals surface area contributed by atoms with Gasteiger partial charge in [-0.25, -0.2) is 9.78 Å². The molecule has 2 heterocycles. The van der Waals surface area contributed by atoms with Crippen molar-refractivity contribution in [3.63, 3.8) is 0 Å². The molecule has 1 amide bonds. The number of rotatable bonds is 3. The lowest BCUT2D eigenvalue weighted by Crippen LogP contribution is -2.47. The van der Waals surface area contributed by atoms with Crippen molar-refractivity contribution in [3.8, 4) is 0 Å². The van der Waals surface area contributed by atoms with E-state index in [-0.39, 0.29) is 18.7 Å². The Bertz CT molecular complexity index is 518. The molecular weight excluding hydrogens is 250 g/mol. The summed E-state index contributed by atoms with van der Waals surface area (Å²) in [6, 6.07) is 3.30. The first kappa shape index (κ1) is 13.3. The molecule has 102 valence electrons. The van der Waals surface area contributed by atoms with E-state index in [1.807, 2.05) is 0 Å². The zero-order valence-corrected chi connectivity index (χ0v) is 10.5. The predicted octanol–water partition coefficient (Wildman–Crippen LogP) is -0.221. The standard InChI is InChI=1S/C12H15N3O4/c1-7-2-3-8(10(13)16)11(14-7)15-4-5-19-9(6-15)12(17)18/h2-3,9H,4-6H2,1H3,(H2,13,16)(H,17,18). The Morgan fingerprint density at radius 2 is 2.26 bits per heavy atom. The van der Waals surface area contributed by atoms with Crippen molar-refractivity contribution >= 4 is 17.7 Å². The van der Waals surface area contributed by atoms with E-state index in [1.165, 1.54) is 0 Å². The third kappa shape index (κ3) is 2.82. The molecule has 1 unspecified atom stereocenters. The molecule has 1 saturated heterocycles. The zero-order chi connectivity index (χ0) is 14.0. The summed E-state index contributed by atoms with van der Waals surface area (Å²) in [7, 11) is 0. The van der Waals surface area contributed by atoms with E-state index in [1.54, 1.807) is 24.0 Å². The maximum Gasteiger partial charge on any atom is 0.334 e. The number of nitrogens with two attached hydrogens (primary N) is 1. The third-order valence-corrected chi connectivity index (χ3v) is 2.92. The normalized spacial score (nSPS) is 19.2. The van der Waals surface area contributed by atoms with Crippen LogP contribution in [-0.2, 0) is 9.53 Å². The van der Waals surface area contributed by atoms with Gasteiger partial charge in [0.2, 0.25) is 0 Å². The van der Waals surface area contributed by atoms with Crippen molar-refractivity contribution < 1.29 is 19.4 Å². The van der Waals surface area contributed by atoms with Crippen molar-refractivity contribution in [1.82, 2.24) is 4.98 Å². The second-order valence-corrected chi connectivity index (χ2v) is 4.33. The lowest BCUT2D eigenvalue weighted by molar-refractivity contribution is -0.150. The average Bonchev–Trinajstić information content (AvgIpc) is 2.38. The molecule has 1 atom stereocenters. The summed E-state index contributed by atoms with van der Waals surface area (Å²) in [4.78, 5) is 28.4. The van der Waals surface area contributed by atoms with Gasteiger partial charge in [0.25, 0.3) is 5.91 Å². The predicted molar refractivity (Wildman–Crippen MR) is 67.1 cm³/mol. The van der Waals surface area contributed by atoms with Crippen molar-refractivity contribution in [3.05, 3.63) is 23.4 Å². The molecule has 2 rings (SSSR count). The first-order chi connectivity index (χ1) is 8.99. The number of carboxylic acid groups (broad SMARTS) is 1. The number of pyridine rings is 1. The van der Waals surface area contributed by atoms with Crippen LogP contribution in [0.3, 0.4) is 0 Å². The summed E-state index contributed by atoms with van der Waals surface area (Å²) >= 11 is 0. The lowest BCUT2D eigenvalue weighted by atomic mass is 10.2. The number of carbonyl (C=O) groups is 2. The second kappa shape index (κ2) is 5.23. The number of carbonyl (C=O) groups excluding carboxylic acids is 1. The second-order valence-electron chi connectivity index (χ2n) is 4.33. The molecule has 7 nitrogen and oxygen atoms in total. The summed E-state index contributed by atoms with van der Waals surface area (Å²) in [5.41, 5.74) is 6.34. The molecule has 7 heteroatoms. The fourth-order valence-electron chi connectivity index (χ4n) is 1.97. The van der Waals surface area contributed by atoms with Crippen molar-refractivity contribution in [2.24, 2.45) is 5.73 Å². The summed E-state index contributed by atoms with van der Waals surface area (Å²) in [6.07, 6.45) is -0.920. The fraction of sp³-hybridized carbons (Fsp3) is 0.417. The van der Waals surface area contributed by atoms with E-state index in [0.29, 0.717) is 12.4 Å². The smallest absolute Gasteiger partial charge is 0.334 e. The number of hydrogen-bond donors (Lipinski definition) is 2. The van der Waals surface area contributed by atoms with E-state index in [9.17, 15) is 9.59 Å². The SMILES string of the molecule is Cc1ccc(C(N)=O)c(N2CCOC(C(=O)O)C2)n1. The van der Waals surface area contributed by atoms with Crippen LogP contribution < -0.4 is 10.6 Å². The zero-order valence-electron chi connectivity index (χ0n) is 10.5. The molecule has 0 spiro atoms. The number of aromatic nitrogens is 1. The van der Waals surface area contributed by atoms with Crippen LogP contribution in [0, 0.1) is 6.92 Å². The minimum atomic E-state index is -1.03. The van der Waals surface area contributed by atoms with E-state index in [0.717, 1.165) is 5.69 Å². The van der Waals surface area contributed by atoms with Crippen LogP contribution >= 0.6 is 0 Å². The van der Waals surface area contributed by atoms with E-state index < -0.39 is 18.0 Å². The number of hydrogen-bond acceptors (Lipinski definition) is 5. The Kier molecular flexibility index (Phi) is 3.66. The van der Waals surface area contributed by atoms with Gasteiger partial charge in [-0.3, -0.25) is 4.79 Å². The molecule has 0 saturated carbocycles. The highest BCUT2D eigenvalue weighted by molar-refractivity contribution is 5.97. The Morgan fingerprint density at radius 1 is 1.53 bits per heavy atom. The molecule has 1 aromatic heterocycles. The number of anilines is 1. The number of primary amides is 1. The van der Waals surface area contributed by atoms with Gasteiger partial charge in [-0.05, 0) is 19.1 Å². The van der Waals surface area contributed by atoms with Crippen LogP contribution in [0.15, 0.2) is 12.1 Å². The average molecular weight is 265 g/mol. The van der Waals surface area contributed by atoms with Gasteiger partial charge in [-0.15, -0.1) is 0 Å². The molecule has 1 aromatic rings. The minimum Gasteiger partial charge on any atom is -0.479 e. The highest BCUT2D eigenvalue weighted by Crippen LogP contribution is 2.21. The van der Waals surface area contributed by atoms with Crippen LogP contribution in [-0.4, -0.2) is 47.8 Å². The Morgan fingerprint density at radius 3 is 2.89 bits per heavy atom. The molecule has 0 bridgehead atoms. The Hall–Kier alpha value is -2.15. The molecule has 19 heavy (non-hydrogen) atoms. The highest BCUT2D eigenvalue weighted by Gasteiger charge is 2.28. The number of morpholine rings is 1.